The van der Waals surface area contributed by atoms with E-state index in [-0.39, 0.29) is 5.56 Å². The summed E-state index contributed by atoms with van der Waals surface area (Å²) in [5, 5.41) is 13.0. The van der Waals surface area contributed by atoms with Crippen LogP contribution < -0.4 is 5.32 Å². The highest BCUT2D eigenvalue weighted by Gasteiger charge is 2.12. The van der Waals surface area contributed by atoms with Gasteiger partial charge in [0.05, 0.1) is 5.56 Å². The minimum absolute atomic E-state index is 0.227. The van der Waals surface area contributed by atoms with Gasteiger partial charge >= 0.3 is 0 Å². The van der Waals surface area contributed by atoms with Gasteiger partial charge in [-0.15, -0.1) is 0 Å². The quantitative estimate of drug-likeness (QED) is 0.756. The monoisotopic (exact) mass is 334 g/mol. The van der Waals surface area contributed by atoms with Gasteiger partial charge in [-0.3, -0.25) is 4.79 Å². The van der Waals surface area contributed by atoms with E-state index in [4.69, 9.17) is 0 Å². The predicted molar refractivity (Wildman–Crippen MR) is 75.9 cm³/mol. The average molecular weight is 335 g/mol. The van der Waals surface area contributed by atoms with Gasteiger partial charge in [-0.05, 0) is 52.3 Å². The molecule has 5 nitrogen and oxygen atoms in total. The third kappa shape index (κ3) is 2.39. The number of amides is 1. The van der Waals surface area contributed by atoms with Crippen LogP contribution in [0.3, 0.4) is 0 Å². The predicted octanol–water partition coefficient (Wildman–Crippen LogP) is 3.11. The Balaban J connectivity index is 1.89. The molecule has 2 aromatic carbocycles. The Kier molecular flexibility index (Phi) is 3.19. The lowest BCUT2D eigenvalue weighted by Gasteiger charge is -2.06. The lowest BCUT2D eigenvalue weighted by molar-refractivity contribution is 0.102. The van der Waals surface area contributed by atoms with Crippen LogP contribution >= 0.6 is 15.9 Å². The van der Waals surface area contributed by atoms with Crippen LogP contribution in [-0.2, 0) is 0 Å². The maximum atomic E-state index is 13.2. The number of fused-ring (bicyclic) bond motifs is 1. The van der Waals surface area contributed by atoms with E-state index < -0.39 is 11.7 Å². The number of aromatic amines is 1. The van der Waals surface area contributed by atoms with E-state index in [9.17, 15) is 9.18 Å². The lowest BCUT2D eigenvalue weighted by atomic mass is 10.2. The number of nitrogens with one attached hydrogen (secondary N) is 2. The van der Waals surface area contributed by atoms with Gasteiger partial charge < -0.3 is 5.32 Å². The molecule has 0 bridgehead atoms. The second kappa shape index (κ2) is 5.01. The molecule has 0 radical (unpaired) electrons. The summed E-state index contributed by atoms with van der Waals surface area (Å²) >= 11 is 3.22. The summed E-state index contributed by atoms with van der Waals surface area (Å²) in [6, 6.07) is 9.07. The minimum Gasteiger partial charge on any atom is -0.322 e. The summed E-state index contributed by atoms with van der Waals surface area (Å²) in [5.74, 6) is -0.871. The molecule has 0 atom stereocenters. The van der Waals surface area contributed by atoms with Gasteiger partial charge in [-0.25, -0.2) is 4.39 Å². The van der Waals surface area contributed by atoms with Crippen molar-refractivity contribution < 1.29 is 9.18 Å². The number of hydrogen-bond acceptors (Lipinski definition) is 3. The maximum absolute atomic E-state index is 13.2. The molecule has 1 aromatic heterocycles. The van der Waals surface area contributed by atoms with E-state index in [0.29, 0.717) is 21.2 Å². The first kappa shape index (κ1) is 12.7. The molecule has 2 N–H and O–H groups in total. The van der Waals surface area contributed by atoms with Gasteiger partial charge in [0.15, 0.2) is 0 Å². The first-order valence-electron chi connectivity index (χ1n) is 5.70. The standard InChI is InChI=1S/C13H8BrFN4O/c14-10-3-1-7(15)5-9(10)13(20)16-8-2-4-11-12(6-8)18-19-17-11/h1-6H,(H,16,20)(H,17,18,19). The third-order valence-electron chi connectivity index (χ3n) is 2.75. The Morgan fingerprint density at radius 1 is 1.15 bits per heavy atom. The minimum atomic E-state index is -0.467. The number of aromatic nitrogens is 3. The van der Waals surface area contributed by atoms with E-state index in [1.807, 2.05) is 0 Å². The van der Waals surface area contributed by atoms with Crippen LogP contribution in [0.2, 0.25) is 0 Å². The zero-order valence-electron chi connectivity index (χ0n) is 10.0. The second-order valence-corrected chi connectivity index (χ2v) is 4.96. The first-order chi connectivity index (χ1) is 9.63. The second-order valence-electron chi connectivity index (χ2n) is 4.11. The number of benzene rings is 2. The Morgan fingerprint density at radius 3 is 2.80 bits per heavy atom. The topological polar surface area (TPSA) is 70.7 Å². The number of nitrogens with zero attached hydrogens (tertiary/aromatic N) is 2. The smallest absolute Gasteiger partial charge is 0.256 e. The Hall–Kier alpha value is -2.28. The van der Waals surface area contributed by atoms with Crippen LogP contribution in [-0.4, -0.2) is 21.3 Å². The zero-order valence-corrected chi connectivity index (χ0v) is 11.6. The molecule has 0 saturated carbocycles. The zero-order chi connectivity index (χ0) is 14.1. The van der Waals surface area contributed by atoms with E-state index in [0.717, 1.165) is 0 Å². The van der Waals surface area contributed by atoms with E-state index in [2.05, 4.69) is 36.7 Å². The van der Waals surface area contributed by atoms with Gasteiger partial charge in [0.1, 0.15) is 16.9 Å². The highest BCUT2D eigenvalue weighted by Crippen LogP contribution is 2.20. The molecular formula is C13H8BrFN4O. The van der Waals surface area contributed by atoms with E-state index >= 15 is 0 Å². The number of halogens is 2. The van der Waals surface area contributed by atoms with Crippen LogP contribution in [0, 0.1) is 5.82 Å². The summed E-state index contributed by atoms with van der Waals surface area (Å²) in [6.07, 6.45) is 0. The summed E-state index contributed by atoms with van der Waals surface area (Å²) in [7, 11) is 0. The largest absolute Gasteiger partial charge is 0.322 e. The molecule has 0 aliphatic carbocycles. The van der Waals surface area contributed by atoms with Crippen LogP contribution in [0.25, 0.3) is 11.0 Å². The fourth-order valence-electron chi connectivity index (χ4n) is 1.79. The molecular weight excluding hydrogens is 327 g/mol. The Morgan fingerprint density at radius 2 is 1.95 bits per heavy atom. The molecule has 100 valence electrons. The van der Waals surface area contributed by atoms with Crippen molar-refractivity contribution in [3.8, 4) is 0 Å². The third-order valence-corrected chi connectivity index (χ3v) is 3.44. The normalized spacial score (nSPS) is 10.7. The van der Waals surface area contributed by atoms with Crippen LogP contribution in [0.5, 0.6) is 0 Å². The molecule has 20 heavy (non-hydrogen) atoms. The van der Waals surface area contributed by atoms with Crippen molar-refractivity contribution in [2.45, 2.75) is 0 Å². The van der Waals surface area contributed by atoms with Gasteiger partial charge in [0, 0.05) is 10.2 Å². The highest BCUT2D eigenvalue weighted by molar-refractivity contribution is 9.10. The van der Waals surface area contributed by atoms with Gasteiger partial charge in [-0.2, -0.15) is 15.4 Å². The van der Waals surface area contributed by atoms with Crippen LogP contribution in [0.15, 0.2) is 40.9 Å². The molecule has 1 heterocycles. The number of carbonyl (C=O) groups is 1. The number of rotatable bonds is 2. The van der Waals surface area contributed by atoms with E-state index in [1.54, 1.807) is 18.2 Å². The molecule has 0 fully saturated rings. The van der Waals surface area contributed by atoms with Gasteiger partial charge in [0.25, 0.3) is 5.91 Å². The fourth-order valence-corrected chi connectivity index (χ4v) is 2.21. The molecule has 0 spiro atoms. The van der Waals surface area contributed by atoms with Crippen LogP contribution in [0.1, 0.15) is 10.4 Å². The van der Waals surface area contributed by atoms with Gasteiger partial charge in [-0.1, -0.05) is 0 Å². The number of carbonyl (C=O) groups excluding carboxylic acids is 1. The van der Waals surface area contributed by atoms with Crippen molar-refractivity contribution in [2.24, 2.45) is 0 Å². The molecule has 0 aliphatic heterocycles. The molecule has 7 heteroatoms. The van der Waals surface area contributed by atoms with E-state index in [1.165, 1.54) is 18.2 Å². The fraction of sp³-hybridized carbons (Fsp3) is 0. The summed E-state index contributed by atoms with van der Waals surface area (Å²) in [6.45, 7) is 0. The molecule has 0 aliphatic rings. The Bertz CT molecular complexity index is 802. The summed E-state index contributed by atoms with van der Waals surface area (Å²) in [5.41, 5.74) is 2.13. The molecule has 0 unspecified atom stereocenters. The average Bonchev–Trinajstić information content (AvgIpc) is 2.89. The highest BCUT2D eigenvalue weighted by atomic mass is 79.9. The molecule has 1 amide bonds. The van der Waals surface area contributed by atoms with Crippen molar-refractivity contribution in [3.63, 3.8) is 0 Å². The number of hydrogen-bond donors (Lipinski definition) is 2. The van der Waals surface area contributed by atoms with Crippen molar-refractivity contribution in [2.75, 3.05) is 5.32 Å². The molecule has 3 rings (SSSR count). The van der Waals surface area contributed by atoms with Crippen molar-refractivity contribution in [1.82, 2.24) is 15.4 Å². The van der Waals surface area contributed by atoms with Crippen LogP contribution in [0.4, 0.5) is 10.1 Å². The summed E-state index contributed by atoms with van der Waals surface area (Å²) < 4.78 is 13.7. The maximum Gasteiger partial charge on any atom is 0.256 e. The molecule has 0 saturated heterocycles. The van der Waals surface area contributed by atoms with Crippen molar-refractivity contribution in [3.05, 3.63) is 52.3 Å². The SMILES string of the molecule is O=C(Nc1ccc2n[nH]nc2c1)c1cc(F)ccc1Br. The summed E-state index contributed by atoms with van der Waals surface area (Å²) in [4.78, 5) is 12.1. The first-order valence-corrected chi connectivity index (χ1v) is 6.50. The lowest BCUT2D eigenvalue weighted by Crippen LogP contribution is -2.12. The van der Waals surface area contributed by atoms with Crippen molar-refractivity contribution >= 4 is 38.6 Å². The van der Waals surface area contributed by atoms with Crippen molar-refractivity contribution in [1.29, 1.82) is 0 Å². The Labute approximate surface area is 121 Å². The molecule has 3 aromatic rings. The number of anilines is 1. The van der Waals surface area contributed by atoms with Gasteiger partial charge in [0.2, 0.25) is 0 Å². The number of H-pyrrole nitrogens is 1.